The van der Waals surface area contributed by atoms with Crippen LogP contribution in [0.4, 0.5) is 0 Å². The fraction of sp³-hybridized carbons (Fsp3) is 0.600. The molecule has 1 aromatic rings. The number of Topliss-reactive ketones (excluding diaryl/α,β-unsaturated/α-hetero) is 1. The number of thioether (sulfide) groups is 1. The van der Waals surface area contributed by atoms with Gasteiger partial charge < -0.3 is 20.1 Å². The van der Waals surface area contributed by atoms with Crippen LogP contribution < -0.4 is 10.6 Å². The van der Waals surface area contributed by atoms with Gasteiger partial charge in [0.25, 0.3) is 5.91 Å². The maximum Gasteiger partial charge on any atom is 0.328 e. The normalized spacial score (nSPS) is 20.6. The fourth-order valence-electron chi connectivity index (χ4n) is 4.46. The van der Waals surface area contributed by atoms with Gasteiger partial charge in [0.2, 0.25) is 11.5 Å². The largest absolute Gasteiger partial charge is 0.467 e. The number of ketones is 1. The Morgan fingerprint density at radius 1 is 1.23 bits per heavy atom. The number of nitrogens with zero attached hydrogens (tertiary/aromatic N) is 1. The summed E-state index contributed by atoms with van der Waals surface area (Å²) in [5, 5.41) is 5.44. The van der Waals surface area contributed by atoms with Gasteiger partial charge in [-0.3, -0.25) is 19.3 Å². The molecule has 0 aromatic heterocycles. The molecule has 2 aliphatic heterocycles. The van der Waals surface area contributed by atoms with Gasteiger partial charge in [-0.25, -0.2) is 4.79 Å². The zero-order valence-corrected chi connectivity index (χ0v) is 21.2. The molecule has 1 unspecified atom stereocenters. The average Bonchev–Trinajstić information content (AvgIpc) is 3.55. The third kappa shape index (κ3) is 7.05. The highest BCUT2D eigenvalue weighted by Crippen LogP contribution is 2.27. The SMILES string of the molecule is COC(=O)[C@H](CCSC)NC(=O)C(Cc1ccccc1)(OCN1CCCC1)C(=O)[C@@H]1CCC(=O)N1. The summed E-state index contributed by atoms with van der Waals surface area (Å²) in [4.78, 5) is 54.3. The minimum atomic E-state index is -1.92. The lowest BCUT2D eigenvalue weighted by molar-refractivity contribution is -0.169. The van der Waals surface area contributed by atoms with E-state index in [2.05, 4.69) is 15.5 Å². The summed E-state index contributed by atoms with van der Waals surface area (Å²) in [7, 11) is 1.26. The van der Waals surface area contributed by atoms with Crippen molar-refractivity contribution in [1.29, 1.82) is 0 Å². The van der Waals surface area contributed by atoms with Crippen LogP contribution >= 0.6 is 11.8 Å². The maximum absolute atomic E-state index is 14.0. The van der Waals surface area contributed by atoms with Crippen LogP contribution in [-0.2, 0) is 35.1 Å². The summed E-state index contributed by atoms with van der Waals surface area (Å²) in [6, 6.07) is 7.41. The second kappa shape index (κ2) is 13.0. The first kappa shape index (κ1) is 27.2. The van der Waals surface area contributed by atoms with E-state index in [1.807, 2.05) is 36.6 Å². The van der Waals surface area contributed by atoms with Gasteiger partial charge in [-0.05, 0) is 43.3 Å². The van der Waals surface area contributed by atoms with Crippen LogP contribution in [0.15, 0.2) is 30.3 Å². The molecule has 3 atom stereocenters. The summed E-state index contributed by atoms with van der Waals surface area (Å²) in [5.74, 6) is -1.39. The van der Waals surface area contributed by atoms with E-state index in [0.717, 1.165) is 31.5 Å². The van der Waals surface area contributed by atoms with Crippen LogP contribution in [0.2, 0.25) is 0 Å². The van der Waals surface area contributed by atoms with Gasteiger partial charge in [0.05, 0.1) is 13.2 Å². The molecule has 2 fully saturated rings. The molecule has 0 bridgehead atoms. The summed E-state index contributed by atoms with van der Waals surface area (Å²) in [6.07, 6.45) is 4.78. The molecule has 0 spiro atoms. The standard InChI is InChI=1S/C25H35N3O6S/c1-33-23(31)20(12-15-35-2)27-24(32)25(16-18-8-4-3-5-9-18,34-17-28-13-6-7-14-28)22(30)19-10-11-21(29)26-19/h3-5,8-9,19-20H,6-7,10-17H2,1-2H3,(H,26,29)(H,27,32)/t19-,20-,25?/m0/s1. The van der Waals surface area contributed by atoms with E-state index in [1.54, 1.807) is 0 Å². The van der Waals surface area contributed by atoms with Crippen LogP contribution in [0.1, 0.15) is 37.7 Å². The molecule has 1 aromatic carbocycles. The molecule has 35 heavy (non-hydrogen) atoms. The van der Waals surface area contributed by atoms with Gasteiger partial charge in [-0.2, -0.15) is 11.8 Å². The molecule has 0 saturated carbocycles. The van der Waals surface area contributed by atoms with E-state index in [1.165, 1.54) is 18.9 Å². The predicted octanol–water partition coefficient (Wildman–Crippen LogP) is 1.30. The number of benzene rings is 1. The first-order valence-electron chi connectivity index (χ1n) is 12.0. The summed E-state index contributed by atoms with van der Waals surface area (Å²) >= 11 is 1.54. The zero-order chi connectivity index (χ0) is 25.3. The molecule has 2 saturated heterocycles. The van der Waals surface area contributed by atoms with Crippen molar-refractivity contribution in [3.63, 3.8) is 0 Å². The number of nitrogens with one attached hydrogen (secondary N) is 2. The quantitative estimate of drug-likeness (QED) is 0.305. The molecule has 10 heteroatoms. The van der Waals surface area contributed by atoms with E-state index >= 15 is 0 Å². The number of carbonyl (C=O) groups is 4. The highest BCUT2D eigenvalue weighted by molar-refractivity contribution is 7.98. The smallest absolute Gasteiger partial charge is 0.328 e. The lowest BCUT2D eigenvalue weighted by Crippen LogP contribution is -2.63. The van der Waals surface area contributed by atoms with Crippen LogP contribution in [0.3, 0.4) is 0 Å². The van der Waals surface area contributed by atoms with Crippen LogP contribution in [-0.4, -0.2) is 85.1 Å². The van der Waals surface area contributed by atoms with Gasteiger partial charge in [0, 0.05) is 25.9 Å². The first-order chi connectivity index (χ1) is 16.9. The van der Waals surface area contributed by atoms with Crippen LogP contribution in [0.5, 0.6) is 0 Å². The van der Waals surface area contributed by atoms with Crippen molar-refractivity contribution >= 4 is 35.3 Å². The van der Waals surface area contributed by atoms with Gasteiger partial charge in [0.1, 0.15) is 12.8 Å². The Morgan fingerprint density at radius 2 is 1.94 bits per heavy atom. The number of carbonyl (C=O) groups excluding carboxylic acids is 4. The van der Waals surface area contributed by atoms with E-state index in [-0.39, 0.29) is 25.5 Å². The Kier molecular flexibility index (Phi) is 10.1. The molecule has 0 aliphatic carbocycles. The Hall–Kier alpha value is -2.43. The van der Waals surface area contributed by atoms with Crippen molar-refractivity contribution in [1.82, 2.24) is 15.5 Å². The zero-order valence-electron chi connectivity index (χ0n) is 20.4. The second-order valence-corrected chi connectivity index (χ2v) is 9.93. The Morgan fingerprint density at radius 3 is 2.54 bits per heavy atom. The Labute approximate surface area is 210 Å². The molecule has 192 valence electrons. The van der Waals surface area contributed by atoms with Crippen molar-refractivity contribution in [2.24, 2.45) is 0 Å². The number of esters is 1. The number of rotatable bonds is 13. The Bertz CT molecular complexity index is 892. The van der Waals surface area contributed by atoms with Crippen molar-refractivity contribution in [3.05, 3.63) is 35.9 Å². The number of likely N-dealkylation sites (tertiary alicyclic amines) is 1. The minimum absolute atomic E-state index is 0.0187. The van der Waals surface area contributed by atoms with Gasteiger partial charge >= 0.3 is 5.97 Å². The summed E-state index contributed by atoms with van der Waals surface area (Å²) in [6.45, 7) is 1.73. The van der Waals surface area contributed by atoms with E-state index in [9.17, 15) is 19.2 Å². The third-order valence-corrected chi connectivity index (χ3v) is 7.11. The van der Waals surface area contributed by atoms with E-state index < -0.39 is 35.3 Å². The molecule has 2 aliphatic rings. The van der Waals surface area contributed by atoms with Crippen molar-refractivity contribution in [2.45, 2.75) is 56.2 Å². The number of methoxy groups -OCH3 is 1. The highest BCUT2D eigenvalue weighted by Gasteiger charge is 2.52. The van der Waals surface area contributed by atoms with Gasteiger partial charge in [-0.1, -0.05) is 30.3 Å². The van der Waals surface area contributed by atoms with E-state index in [0.29, 0.717) is 18.6 Å². The first-order valence-corrected chi connectivity index (χ1v) is 13.4. The highest BCUT2D eigenvalue weighted by atomic mass is 32.2. The van der Waals surface area contributed by atoms with Crippen molar-refractivity contribution < 1.29 is 28.7 Å². The molecular weight excluding hydrogens is 470 g/mol. The lowest BCUT2D eigenvalue weighted by Gasteiger charge is -2.35. The number of ether oxygens (including phenoxy) is 2. The molecule has 3 rings (SSSR count). The lowest BCUT2D eigenvalue weighted by atomic mass is 9.84. The molecule has 2 heterocycles. The predicted molar refractivity (Wildman–Crippen MR) is 133 cm³/mol. The molecule has 9 nitrogen and oxygen atoms in total. The van der Waals surface area contributed by atoms with Gasteiger partial charge in [0.15, 0.2) is 5.78 Å². The average molecular weight is 506 g/mol. The summed E-state index contributed by atoms with van der Waals surface area (Å²) < 4.78 is 11.2. The minimum Gasteiger partial charge on any atom is -0.467 e. The number of amides is 2. The topological polar surface area (TPSA) is 114 Å². The molecule has 2 N–H and O–H groups in total. The van der Waals surface area contributed by atoms with Crippen molar-refractivity contribution in [2.75, 3.05) is 38.9 Å². The third-order valence-electron chi connectivity index (χ3n) is 6.47. The van der Waals surface area contributed by atoms with Gasteiger partial charge in [-0.15, -0.1) is 0 Å². The maximum atomic E-state index is 14.0. The summed E-state index contributed by atoms with van der Waals surface area (Å²) in [5.41, 5.74) is -1.18. The second-order valence-electron chi connectivity index (χ2n) is 8.94. The van der Waals surface area contributed by atoms with Crippen molar-refractivity contribution in [3.8, 4) is 0 Å². The van der Waals surface area contributed by atoms with Crippen LogP contribution in [0, 0.1) is 0 Å². The number of hydrogen-bond donors (Lipinski definition) is 2. The number of hydrogen-bond acceptors (Lipinski definition) is 8. The van der Waals surface area contributed by atoms with E-state index in [4.69, 9.17) is 9.47 Å². The van der Waals surface area contributed by atoms with Crippen LogP contribution in [0.25, 0.3) is 0 Å². The molecular formula is C25H35N3O6S. The molecule has 2 amide bonds. The monoisotopic (exact) mass is 505 g/mol. The molecule has 0 radical (unpaired) electrons. The Balaban J connectivity index is 1.97. The fourth-order valence-corrected chi connectivity index (χ4v) is 4.93.